The summed E-state index contributed by atoms with van der Waals surface area (Å²) < 4.78 is 0.835. The maximum Gasteiger partial charge on any atom is 0.239 e. The van der Waals surface area contributed by atoms with Gasteiger partial charge in [-0.2, -0.15) is 0 Å². The van der Waals surface area contributed by atoms with Gasteiger partial charge in [-0.1, -0.05) is 65.0 Å². The average molecular weight is 422 g/mol. The van der Waals surface area contributed by atoms with Crippen LogP contribution in [0.4, 0.5) is 5.13 Å². The number of hydrogen-bond acceptors (Lipinski definition) is 6. The maximum atomic E-state index is 12.3. The summed E-state index contributed by atoms with van der Waals surface area (Å²) in [6.07, 6.45) is 0. The Hall–Kier alpha value is -1.54. The fourth-order valence-electron chi connectivity index (χ4n) is 2.02. The third-order valence-electron chi connectivity index (χ3n) is 3.34. The first-order valence-corrected chi connectivity index (χ1v) is 10.9. The molecule has 1 unspecified atom stereocenters. The Bertz CT molecular complexity index is 856. The van der Waals surface area contributed by atoms with E-state index in [0.29, 0.717) is 10.2 Å². The van der Waals surface area contributed by atoms with E-state index in [2.05, 4.69) is 27.6 Å². The minimum absolute atomic E-state index is 0.0966. The molecule has 1 amide bonds. The van der Waals surface area contributed by atoms with Crippen LogP contribution in [0.2, 0.25) is 5.02 Å². The highest BCUT2D eigenvalue weighted by molar-refractivity contribution is 8.00. The van der Waals surface area contributed by atoms with Gasteiger partial charge in [0.1, 0.15) is 0 Å². The first-order chi connectivity index (χ1) is 12.6. The highest BCUT2D eigenvalue weighted by Crippen LogP contribution is 2.29. The molecule has 8 heteroatoms. The second-order valence-corrected chi connectivity index (χ2v) is 9.40. The lowest BCUT2D eigenvalue weighted by atomic mass is 10.2. The Balaban J connectivity index is 1.51. The molecule has 1 aromatic heterocycles. The van der Waals surface area contributed by atoms with E-state index in [1.165, 1.54) is 28.7 Å². The van der Waals surface area contributed by atoms with Crippen molar-refractivity contribution in [2.24, 2.45) is 0 Å². The number of rotatable bonds is 7. The van der Waals surface area contributed by atoms with Crippen LogP contribution in [0, 0.1) is 0 Å². The van der Waals surface area contributed by atoms with E-state index in [4.69, 9.17) is 11.6 Å². The quantitative estimate of drug-likeness (QED) is 0.397. The lowest BCUT2D eigenvalue weighted by molar-refractivity contribution is -0.115. The molecule has 1 N–H and O–H groups in total. The first kappa shape index (κ1) is 19.2. The predicted molar refractivity (Wildman–Crippen MR) is 111 cm³/mol. The number of nitrogens with zero attached hydrogens (tertiary/aromatic N) is 2. The van der Waals surface area contributed by atoms with Crippen LogP contribution in [-0.2, 0) is 10.5 Å². The molecule has 26 heavy (non-hydrogen) atoms. The SMILES string of the molecule is CC(Sc1ccc(Cl)cc1)C(=O)Nc1nnc(SCc2ccccc2)s1. The molecule has 0 aliphatic heterocycles. The van der Waals surface area contributed by atoms with Crippen molar-refractivity contribution in [1.82, 2.24) is 10.2 Å². The van der Waals surface area contributed by atoms with Crippen LogP contribution in [0.15, 0.2) is 63.8 Å². The summed E-state index contributed by atoms with van der Waals surface area (Å²) in [5.41, 5.74) is 1.23. The highest BCUT2D eigenvalue weighted by atomic mass is 35.5. The molecule has 0 aliphatic carbocycles. The van der Waals surface area contributed by atoms with Gasteiger partial charge in [0.2, 0.25) is 11.0 Å². The van der Waals surface area contributed by atoms with Crippen molar-refractivity contribution < 1.29 is 4.79 Å². The van der Waals surface area contributed by atoms with Crippen molar-refractivity contribution in [3.63, 3.8) is 0 Å². The maximum absolute atomic E-state index is 12.3. The van der Waals surface area contributed by atoms with Gasteiger partial charge in [-0.05, 0) is 36.8 Å². The number of benzene rings is 2. The molecule has 0 fully saturated rings. The number of carbonyl (C=O) groups excluding carboxylic acids is 1. The number of halogens is 1. The zero-order chi connectivity index (χ0) is 18.4. The van der Waals surface area contributed by atoms with Crippen molar-refractivity contribution in [3.05, 3.63) is 65.2 Å². The number of carbonyl (C=O) groups is 1. The number of amides is 1. The lowest BCUT2D eigenvalue weighted by Gasteiger charge is -2.10. The Morgan fingerprint density at radius 2 is 1.88 bits per heavy atom. The monoisotopic (exact) mass is 421 g/mol. The van der Waals surface area contributed by atoms with Crippen LogP contribution in [-0.4, -0.2) is 21.4 Å². The molecule has 3 rings (SSSR count). The van der Waals surface area contributed by atoms with Gasteiger partial charge in [-0.3, -0.25) is 10.1 Å². The van der Waals surface area contributed by atoms with Crippen molar-refractivity contribution in [2.45, 2.75) is 27.2 Å². The molecule has 2 aromatic carbocycles. The molecule has 3 aromatic rings. The molecule has 134 valence electrons. The van der Waals surface area contributed by atoms with Crippen LogP contribution in [0.25, 0.3) is 0 Å². The fourth-order valence-corrected chi connectivity index (χ4v) is 4.72. The minimum Gasteiger partial charge on any atom is -0.300 e. The van der Waals surface area contributed by atoms with Crippen molar-refractivity contribution in [1.29, 1.82) is 0 Å². The largest absolute Gasteiger partial charge is 0.300 e. The third-order valence-corrected chi connectivity index (χ3v) is 6.74. The summed E-state index contributed by atoms with van der Waals surface area (Å²) in [6, 6.07) is 17.6. The van der Waals surface area contributed by atoms with Gasteiger partial charge < -0.3 is 0 Å². The van der Waals surface area contributed by atoms with E-state index in [-0.39, 0.29) is 11.2 Å². The smallest absolute Gasteiger partial charge is 0.239 e. The van der Waals surface area contributed by atoms with E-state index < -0.39 is 0 Å². The van der Waals surface area contributed by atoms with Crippen molar-refractivity contribution in [2.75, 3.05) is 5.32 Å². The second kappa shape index (κ2) is 9.41. The Morgan fingerprint density at radius 1 is 1.15 bits per heavy atom. The van der Waals surface area contributed by atoms with E-state index in [0.717, 1.165) is 15.0 Å². The molecule has 1 atom stereocenters. The summed E-state index contributed by atoms with van der Waals surface area (Å²) in [7, 11) is 0. The Morgan fingerprint density at radius 3 is 2.62 bits per heavy atom. The molecule has 0 radical (unpaired) electrons. The second-order valence-electron chi connectivity index (χ2n) is 5.35. The lowest BCUT2D eigenvalue weighted by Crippen LogP contribution is -2.22. The minimum atomic E-state index is -0.250. The normalized spacial score (nSPS) is 11.9. The number of hydrogen-bond donors (Lipinski definition) is 1. The number of aromatic nitrogens is 2. The van der Waals surface area contributed by atoms with Gasteiger partial charge in [0.05, 0.1) is 5.25 Å². The zero-order valence-electron chi connectivity index (χ0n) is 13.9. The summed E-state index contributed by atoms with van der Waals surface area (Å²) >= 11 is 10.4. The highest BCUT2D eigenvalue weighted by Gasteiger charge is 2.16. The fraction of sp³-hybridized carbons (Fsp3) is 0.167. The van der Waals surface area contributed by atoms with Gasteiger partial charge in [-0.15, -0.1) is 22.0 Å². The van der Waals surface area contributed by atoms with Crippen molar-refractivity contribution >= 4 is 57.5 Å². The van der Waals surface area contributed by atoms with Crippen LogP contribution < -0.4 is 5.32 Å². The first-order valence-electron chi connectivity index (χ1n) is 7.83. The summed E-state index contributed by atoms with van der Waals surface area (Å²) in [4.78, 5) is 13.3. The Labute approximate surface area is 169 Å². The molecule has 4 nitrogen and oxygen atoms in total. The summed E-state index contributed by atoms with van der Waals surface area (Å²) in [6.45, 7) is 1.86. The molecule has 0 aliphatic rings. The van der Waals surface area contributed by atoms with E-state index in [9.17, 15) is 4.79 Å². The summed E-state index contributed by atoms with van der Waals surface area (Å²) in [5, 5.41) is 12.0. The molecule has 1 heterocycles. The number of anilines is 1. The predicted octanol–water partition coefficient (Wildman–Crippen LogP) is 5.60. The molecule has 0 spiro atoms. The van der Waals surface area contributed by atoms with Gasteiger partial charge >= 0.3 is 0 Å². The standard InChI is InChI=1S/C18H16ClN3OS3/c1-12(25-15-9-7-14(19)8-10-15)16(23)20-17-21-22-18(26-17)24-11-13-5-3-2-4-6-13/h2-10,12H,11H2,1H3,(H,20,21,23). The summed E-state index contributed by atoms with van der Waals surface area (Å²) in [5.74, 6) is 0.729. The Kier molecular flexibility index (Phi) is 6.96. The molecular weight excluding hydrogens is 406 g/mol. The van der Waals surface area contributed by atoms with Crippen LogP contribution in [0.3, 0.4) is 0 Å². The molecular formula is C18H16ClN3OS3. The third kappa shape index (κ3) is 5.74. The molecule has 0 saturated heterocycles. The van der Waals surface area contributed by atoms with Gasteiger partial charge in [0, 0.05) is 15.7 Å². The van der Waals surface area contributed by atoms with Crippen LogP contribution in [0.1, 0.15) is 12.5 Å². The van der Waals surface area contributed by atoms with Crippen LogP contribution >= 0.6 is 46.5 Å². The molecule has 0 bridgehead atoms. The van der Waals surface area contributed by atoms with Gasteiger partial charge in [0.25, 0.3) is 0 Å². The zero-order valence-corrected chi connectivity index (χ0v) is 17.1. The molecule has 0 saturated carbocycles. The number of nitrogens with one attached hydrogen (secondary N) is 1. The van der Waals surface area contributed by atoms with E-state index in [1.807, 2.05) is 49.4 Å². The van der Waals surface area contributed by atoms with Crippen molar-refractivity contribution in [3.8, 4) is 0 Å². The van der Waals surface area contributed by atoms with Crippen LogP contribution in [0.5, 0.6) is 0 Å². The van der Waals surface area contributed by atoms with E-state index in [1.54, 1.807) is 11.8 Å². The van der Waals surface area contributed by atoms with Gasteiger partial charge in [-0.25, -0.2) is 0 Å². The average Bonchev–Trinajstić information content (AvgIpc) is 3.10. The van der Waals surface area contributed by atoms with Gasteiger partial charge in [0.15, 0.2) is 4.34 Å². The number of thioether (sulfide) groups is 2. The van der Waals surface area contributed by atoms with E-state index >= 15 is 0 Å². The topological polar surface area (TPSA) is 54.9 Å².